The molecule has 1 unspecified atom stereocenters. The van der Waals surface area contributed by atoms with Crippen LogP contribution in [0.3, 0.4) is 0 Å². The number of halogens is 1. The van der Waals surface area contributed by atoms with Crippen LogP contribution in [0.25, 0.3) is 0 Å². The van der Waals surface area contributed by atoms with Gasteiger partial charge in [0.25, 0.3) is 0 Å². The molecule has 0 aliphatic rings. The fourth-order valence-corrected chi connectivity index (χ4v) is 3.54. The molecule has 2 aromatic carbocycles. The summed E-state index contributed by atoms with van der Waals surface area (Å²) in [7, 11) is -3.55. The molecule has 5 nitrogen and oxygen atoms in total. The Labute approximate surface area is 153 Å². The van der Waals surface area contributed by atoms with Gasteiger partial charge in [-0.15, -0.1) is 0 Å². The summed E-state index contributed by atoms with van der Waals surface area (Å²) in [5, 5.41) is 19.2. The van der Waals surface area contributed by atoms with Crippen molar-refractivity contribution < 1.29 is 18.6 Å². The first-order valence-corrected chi connectivity index (χ1v) is 9.91. The van der Waals surface area contributed by atoms with Crippen LogP contribution in [-0.4, -0.2) is 31.8 Å². The molecule has 1 atom stereocenters. The number of sulfonamides is 1. The normalized spacial score (nSPS) is 12.9. The minimum absolute atomic E-state index is 0.0584. The topological polar surface area (TPSA) is 86.6 Å². The van der Waals surface area contributed by atoms with Gasteiger partial charge in [-0.05, 0) is 54.7 Å². The quantitative estimate of drug-likeness (QED) is 0.621. The zero-order valence-electron chi connectivity index (χ0n) is 13.7. The van der Waals surface area contributed by atoms with Crippen LogP contribution in [0.4, 0.5) is 0 Å². The second kappa shape index (κ2) is 9.31. The molecule has 0 saturated heterocycles. The molecule has 136 valence electrons. The third-order valence-electron chi connectivity index (χ3n) is 3.83. The molecule has 0 aliphatic carbocycles. The minimum atomic E-state index is -3.55. The van der Waals surface area contributed by atoms with Gasteiger partial charge >= 0.3 is 0 Å². The molecular formula is C18H22ClNO4S. The summed E-state index contributed by atoms with van der Waals surface area (Å²) in [6.45, 7) is 0.334. The maximum atomic E-state index is 12.2. The van der Waals surface area contributed by atoms with E-state index in [0.717, 1.165) is 11.1 Å². The van der Waals surface area contributed by atoms with Gasteiger partial charge in [-0.25, -0.2) is 13.1 Å². The zero-order chi connectivity index (χ0) is 18.3. The van der Waals surface area contributed by atoms with Crippen molar-refractivity contribution in [2.75, 3.05) is 13.2 Å². The summed E-state index contributed by atoms with van der Waals surface area (Å²) in [4.78, 5) is 0.180. The number of benzene rings is 2. The van der Waals surface area contributed by atoms with Gasteiger partial charge < -0.3 is 10.2 Å². The molecule has 0 aliphatic heterocycles. The molecule has 7 heteroatoms. The van der Waals surface area contributed by atoms with Crippen molar-refractivity contribution in [3.63, 3.8) is 0 Å². The average Bonchev–Trinajstić information content (AvgIpc) is 2.60. The third-order valence-corrected chi connectivity index (χ3v) is 5.56. The Hall–Kier alpha value is -1.44. The van der Waals surface area contributed by atoms with E-state index in [2.05, 4.69) is 4.72 Å². The summed E-state index contributed by atoms with van der Waals surface area (Å²) < 4.78 is 26.9. The van der Waals surface area contributed by atoms with E-state index in [4.69, 9.17) is 16.7 Å². The van der Waals surface area contributed by atoms with Gasteiger partial charge in [0, 0.05) is 18.2 Å². The van der Waals surface area contributed by atoms with Crippen LogP contribution >= 0.6 is 11.6 Å². The Morgan fingerprint density at radius 2 is 1.68 bits per heavy atom. The Morgan fingerprint density at radius 1 is 1.04 bits per heavy atom. The van der Waals surface area contributed by atoms with E-state index in [9.17, 15) is 13.5 Å². The lowest BCUT2D eigenvalue weighted by Gasteiger charge is -2.11. The van der Waals surface area contributed by atoms with Gasteiger partial charge in [-0.3, -0.25) is 0 Å². The zero-order valence-corrected chi connectivity index (χ0v) is 15.3. The smallest absolute Gasteiger partial charge is 0.240 e. The van der Waals surface area contributed by atoms with E-state index in [1.165, 1.54) is 24.3 Å². The molecule has 2 rings (SSSR count). The number of nitrogens with one attached hydrogen (secondary N) is 1. The lowest BCUT2D eigenvalue weighted by atomic mass is 10.0. The highest BCUT2D eigenvalue weighted by atomic mass is 35.5. The van der Waals surface area contributed by atoms with E-state index >= 15 is 0 Å². The van der Waals surface area contributed by atoms with E-state index in [1.54, 1.807) is 0 Å². The van der Waals surface area contributed by atoms with Crippen molar-refractivity contribution in [2.45, 2.75) is 30.3 Å². The first-order chi connectivity index (χ1) is 11.9. The Morgan fingerprint density at radius 3 is 2.28 bits per heavy atom. The van der Waals surface area contributed by atoms with Crippen LogP contribution in [0.1, 0.15) is 30.1 Å². The largest absolute Gasteiger partial charge is 0.396 e. The summed E-state index contributed by atoms with van der Waals surface area (Å²) in [6.07, 6.45) is 1.01. The highest BCUT2D eigenvalue weighted by Gasteiger charge is 2.13. The number of rotatable bonds is 9. The van der Waals surface area contributed by atoms with Crippen LogP contribution in [-0.2, 0) is 16.4 Å². The van der Waals surface area contributed by atoms with Crippen molar-refractivity contribution in [1.29, 1.82) is 0 Å². The second-order valence-corrected chi connectivity index (χ2v) is 7.93. The van der Waals surface area contributed by atoms with Gasteiger partial charge in [0.15, 0.2) is 0 Å². The summed E-state index contributed by atoms with van der Waals surface area (Å²) in [6, 6.07) is 13.4. The molecule has 25 heavy (non-hydrogen) atoms. The Kier molecular flexibility index (Phi) is 7.40. The Bertz CT molecular complexity index is 761. The lowest BCUT2D eigenvalue weighted by molar-refractivity contribution is 0.152. The predicted octanol–water partition coefficient (Wildman–Crippen LogP) is 2.67. The van der Waals surface area contributed by atoms with Crippen molar-refractivity contribution in [2.24, 2.45) is 0 Å². The standard InChI is InChI=1S/C18H22ClNO4S/c19-16-7-9-17(10-8-16)25(23,24)20-12-11-14-3-5-15(6-4-14)18(22)2-1-13-21/h3-10,18,20-22H,1-2,11-13H2. The molecular weight excluding hydrogens is 362 g/mol. The number of hydrogen-bond donors (Lipinski definition) is 3. The van der Waals surface area contributed by atoms with Gasteiger partial charge in [-0.2, -0.15) is 0 Å². The van der Waals surface area contributed by atoms with Crippen LogP contribution in [0, 0.1) is 0 Å². The van der Waals surface area contributed by atoms with Crippen molar-refractivity contribution in [3.8, 4) is 0 Å². The minimum Gasteiger partial charge on any atom is -0.396 e. The fraction of sp³-hybridized carbons (Fsp3) is 0.333. The molecule has 3 N–H and O–H groups in total. The predicted molar refractivity (Wildman–Crippen MR) is 98.1 cm³/mol. The second-order valence-electron chi connectivity index (χ2n) is 5.72. The molecule has 0 aromatic heterocycles. The van der Waals surface area contributed by atoms with Crippen LogP contribution in [0.2, 0.25) is 5.02 Å². The lowest BCUT2D eigenvalue weighted by Crippen LogP contribution is -2.25. The third kappa shape index (κ3) is 6.09. The van der Waals surface area contributed by atoms with Gasteiger partial charge in [-0.1, -0.05) is 35.9 Å². The van der Waals surface area contributed by atoms with Crippen molar-refractivity contribution in [3.05, 3.63) is 64.7 Å². The van der Waals surface area contributed by atoms with Crippen molar-refractivity contribution >= 4 is 21.6 Å². The highest BCUT2D eigenvalue weighted by Crippen LogP contribution is 2.19. The maximum Gasteiger partial charge on any atom is 0.240 e. The molecule has 0 fully saturated rings. The van der Waals surface area contributed by atoms with E-state index in [1.807, 2.05) is 24.3 Å². The SMILES string of the molecule is O=S(=O)(NCCc1ccc(C(O)CCCO)cc1)c1ccc(Cl)cc1. The molecule has 0 radical (unpaired) electrons. The monoisotopic (exact) mass is 383 g/mol. The highest BCUT2D eigenvalue weighted by molar-refractivity contribution is 7.89. The number of aliphatic hydroxyl groups excluding tert-OH is 2. The van der Waals surface area contributed by atoms with Crippen LogP contribution < -0.4 is 4.72 Å². The van der Waals surface area contributed by atoms with Gasteiger partial charge in [0.2, 0.25) is 10.0 Å². The molecule has 0 amide bonds. The van der Waals surface area contributed by atoms with Crippen LogP contribution in [0.15, 0.2) is 53.4 Å². The fourth-order valence-electron chi connectivity index (χ4n) is 2.38. The average molecular weight is 384 g/mol. The first-order valence-electron chi connectivity index (χ1n) is 8.05. The van der Waals surface area contributed by atoms with E-state index < -0.39 is 16.1 Å². The van der Waals surface area contributed by atoms with Crippen molar-refractivity contribution in [1.82, 2.24) is 4.72 Å². The molecule has 0 heterocycles. The summed E-state index contributed by atoms with van der Waals surface area (Å²) in [5.74, 6) is 0. The number of hydrogen-bond acceptors (Lipinski definition) is 4. The summed E-state index contributed by atoms with van der Waals surface area (Å²) >= 11 is 5.76. The number of aliphatic hydroxyl groups is 2. The van der Waals surface area contributed by atoms with Gasteiger partial charge in [0.05, 0.1) is 11.0 Å². The maximum absolute atomic E-state index is 12.2. The molecule has 0 spiro atoms. The first kappa shape index (κ1) is 19.9. The van der Waals surface area contributed by atoms with E-state index in [-0.39, 0.29) is 18.0 Å². The van der Waals surface area contributed by atoms with Gasteiger partial charge in [0.1, 0.15) is 0 Å². The van der Waals surface area contributed by atoms with Crippen LogP contribution in [0.5, 0.6) is 0 Å². The molecule has 2 aromatic rings. The van der Waals surface area contributed by atoms with E-state index in [0.29, 0.717) is 24.3 Å². The molecule has 0 bridgehead atoms. The summed E-state index contributed by atoms with van der Waals surface area (Å²) in [5.41, 5.74) is 1.76. The Balaban J connectivity index is 1.88. The molecule has 0 saturated carbocycles.